The first-order valence-corrected chi connectivity index (χ1v) is 10.6. The van der Waals surface area contributed by atoms with Crippen molar-refractivity contribution in [3.8, 4) is 5.75 Å². The van der Waals surface area contributed by atoms with Gasteiger partial charge in [0.15, 0.2) is 5.78 Å². The average Bonchev–Trinajstić information content (AvgIpc) is 3.03. The van der Waals surface area contributed by atoms with Gasteiger partial charge in [0.25, 0.3) is 5.56 Å². The van der Waals surface area contributed by atoms with Crippen molar-refractivity contribution in [3.63, 3.8) is 0 Å². The van der Waals surface area contributed by atoms with E-state index in [4.69, 9.17) is 4.74 Å². The van der Waals surface area contributed by atoms with Crippen molar-refractivity contribution in [1.82, 2.24) is 9.55 Å². The molecule has 0 fully saturated rings. The SMILES string of the molecule is CCOc1ccc(C(C)=O)cc1Cn1cnc2sc3c(c2c1=O)CCC(C)C3. The van der Waals surface area contributed by atoms with Gasteiger partial charge in [0.05, 0.1) is 24.9 Å². The number of carbonyl (C=O) groups excluding carboxylic acids is 1. The van der Waals surface area contributed by atoms with Crippen LogP contribution in [0, 0.1) is 5.92 Å². The molecule has 1 aromatic carbocycles. The third kappa shape index (κ3) is 3.37. The van der Waals surface area contributed by atoms with E-state index in [0.717, 1.165) is 35.0 Å². The molecule has 3 aromatic rings. The van der Waals surface area contributed by atoms with Gasteiger partial charge in [0.2, 0.25) is 0 Å². The van der Waals surface area contributed by atoms with Crippen molar-refractivity contribution < 1.29 is 9.53 Å². The molecule has 0 saturated heterocycles. The van der Waals surface area contributed by atoms with Crippen molar-refractivity contribution in [2.24, 2.45) is 5.92 Å². The molecule has 1 atom stereocenters. The molecule has 6 heteroatoms. The zero-order chi connectivity index (χ0) is 19.8. The smallest absolute Gasteiger partial charge is 0.262 e. The maximum atomic E-state index is 13.3. The number of rotatable bonds is 5. The number of Topliss-reactive ketones (excluding diaryl/α,β-unsaturated/α-hetero) is 1. The number of carbonyl (C=O) groups is 1. The van der Waals surface area contributed by atoms with Crippen LogP contribution in [0.5, 0.6) is 5.75 Å². The van der Waals surface area contributed by atoms with Crippen LogP contribution >= 0.6 is 11.3 Å². The second kappa shape index (κ2) is 7.51. The molecule has 0 amide bonds. The number of aryl methyl sites for hydroxylation is 1. The van der Waals surface area contributed by atoms with Gasteiger partial charge in [-0.05, 0) is 62.8 Å². The van der Waals surface area contributed by atoms with Gasteiger partial charge in [0, 0.05) is 16.0 Å². The summed E-state index contributed by atoms with van der Waals surface area (Å²) < 4.78 is 7.35. The highest BCUT2D eigenvalue weighted by molar-refractivity contribution is 7.18. The first-order valence-electron chi connectivity index (χ1n) is 9.74. The topological polar surface area (TPSA) is 61.2 Å². The maximum Gasteiger partial charge on any atom is 0.262 e. The molecule has 4 rings (SSSR count). The Hall–Kier alpha value is -2.47. The van der Waals surface area contributed by atoms with Crippen molar-refractivity contribution in [2.45, 2.75) is 46.6 Å². The number of benzene rings is 1. The monoisotopic (exact) mass is 396 g/mol. The van der Waals surface area contributed by atoms with E-state index in [2.05, 4.69) is 11.9 Å². The molecule has 2 aromatic heterocycles. The summed E-state index contributed by atoms with van der Waals surface area (Å²) in [4.78, 5) is 31.8. The largest absolute Gasteiger partial charge is 0.494 e. The minimum Gasteiger partial charge on any atom is -0.494 e. The number of ketones is 1. The molecule has 1 unspecified atom stereocenters. The van der Waals surface area contributed by atoms with E-state index in [1.54, 1.807) is 34.4 Å². The number of hydrogen-bond acceptors (Lipinski definition) is 5. The fourth-order valence-electron chi connectivity index (χ4n) is 3.88. The van der Waals surface area contributed by atoms with Gasteiger partial charge in [-0.15, -0.1) is 11.3 Å². The molecule has 0 spiro atoms. The normalized spacial score (nSPS) is 16.2. The maximum absolute atomic E-state index is 13.3. The Morgan fingerprint density at radius 3 is 2.96 bits per heavy atom. The van der Waals surface area contributed by atoms with E-state index in [9.17, 15) is 9.59 Å². The highest BCUT2D eigenvalue weighted by atomic mass is 32.1. The van der Waals surface area contributed by atoms with Gasteiger partial charge in [-0.2, -0.15) is 0 Å². The van der Waals surface area contributed by atoms with Crippen LogP contribution in [0.1, 0.15) is 53.6 Å². The van der Waals surface area contributed by atoms with Gasteiger partial charge >= 0.3 is 0 Å². The summed E-state index contributed by atoms with van der Waals surface area (Å²) in [6, 6.07) is 5.38. The predicted molar refractivity (Wildman–Crippen MR) is 112 cm³/mol. The Morgan fingerprint density at radius 1 is 1.39 bits per heavy atom. The van der Waals surface area contributed by atoms with Gasteiger partial charge in [0.1, 0.15) is 10.6 Å². The number of nitrogens with zero attached hydrogens (tertiary/aromatic N) is 2. The quantitative estimate of drug-likeness (QED) is 0.606. The molecule has 0 saturated carbocycles. The van der Waals surface area contributed by atoms with Crippen LogP contribution in [0.4, 0.5) is 0 Å². The fraction of sp³-hybridized carbons (Fsp3) is 0.409. The summed E-state index contributed by atoms with van der Waals surface area (Å²) >= 11 is 1.66. The van der Waals surface area contributed by atoms with Crippen molar-refractivity contribution in [1.29, 1.82) is 0 Å². The summed E-state index contributed by atoms with van der Waals surface area (Å²) in [6.07, 6.45) is 4.71. The van der Waals surface area contributed by atoms with Crippen LogP contribution in [-0.4, -0.2) is 21.9 Å². The number of aromatic nitrogens is 2. The third-order valence-corrected chi connectivity index (χ3v) is 6.55. The number of ether oxygens (including phenoxy) is 1. The Labute approximate surface area is 168 Å². The number of fused-ring (bicyclic) bond motifs is 3. The van der Waals surface area contributed by atoms with E-state index in [1.807, 2.05) is 13.0 Å². The molecule has 0 bridgehead atoms. The Balaban J connectivity index is 1.78. The lowest BCUT2D eigenvalue weighted by Gasteiger charge is -2.17. The molecular formula is C22H24N2O3S. The van der Waals surface area contributed by atoms with Crippen LogP contribution < -0.4 is 10.3 Å². The van der Waals surface area contributed by atoms with Crippen LogP contribution in [0.3, 0.4) is 0 Å². The lowest BCUT2D eigenvalue weighted by atomic mass is 9.89. The Kier molecular flexibility index (Phi) is 5.06. The molecule has 28 heavy (non-hydrogen) atoms. The van der Waals surface area contributed by atoms with E-state index < -0.39 is 0 Å². The summed E-state index contributed by atoms with van der Waals surface area (Å²) in [5, 5.41) is 0.773. The lowest BCUT2D eigenvalue weighted by Crippen LogP contribution is -2.22. The summed E-state index contributed by atoms with van der Waals surface area (Å²) in [5.41, 5.74) is 2.61. The first kappa shape index (κ1) is 18.9. The van der Waals surface area contributed by atoms with Crippen molar-refractivity contribution in [3.05, 3.63) is 56.4 Å². The zero-order valence-electron chi connectivity index (χ0n) is 16.4. The molecule has 5 nitrogen and oxygen atoms in total. The minimum atomic E-state index is -0.00811. The Morgan fingerprint density at radius 2 is 2.21 bits per heavy atom. The minimum absolute atomic E-state index is 0.00673. The first-order chi connectivity index (χ1) is 13.5. The molecule has 0 radical (unpaired) electrons. The molecule has 1 aliphatic rings. The van der Waals surface area contributed by atoms with E-state index >= 15 is 0 Å². The molecule has 146 valence electrons. The molecule has 1 aliphatic carbocycles. The summed E-state index contributed by atoms with van der Waals surface area (Å²) in [7, 11) is 0. The second-order valence-corrected chi connectivity index (χ2v) is 8.60. The van der Waals surface area contributed by atoms with E-state index in [-0.39, 0.29) is 11.3 Å². The summed E-state index contributed by atoms with van der Waals surface area (Å²) in [5.74, 6) is 1.35. The van der Waals surface area contributed by atoms with Gasteiger partial charge < -0.3 is 4.74 Å². The zero-order valence-corrected chi connectivity index (χ0v) is 17.3. The van der Waals surface area contributed by atoms with Gasteiger partial charge in [-0.3, -0.25) is 14.2 Å². The highest BCUT2D eigenvalue weighted by Crippen LogP contribution is 2.35. The summed E-state index contributed by atoms with van der Waals surface area (Å²) in [6.45, 7) is 6.57. The molecule has 0 N–H and O–H groups in total. The second-order valence-electron chi connectivity index (χ2n) is 7.52. The highest BCUT2D eigenvalue weighted by Gasteiger charge is 2.23. The average molecular weight is 397 g/mol. The van der Waals surface area contributed by atoms with Crippen molar-refractivity contribution >= 4 is 27.3 Å². The molecule has 2 heterocycles. The van der Waals surface area contributed by atoms with Crippen LogP contribution in [0.25, 0.3) is 10.2 Å². The van der Waals surface area contributed by atoms with E-state index in [0.29, 0.717) is 30.4 Å². The molecular weight excluding hydrogens is 372 g/mol. The van der Waals surface area contributed by atoms with Gasteiger partial charge in [-0.1, -0.05) is 6.92 Å². The third-order valence-electron chi connectivity index (χ3n) is 5.39. The standard InChI is InChI=1S/C22H24N2O3S/c1-4-27-18-8-6-15(14(3)25)10-16(18)11-24-12-23-21-20(22(24)26)17-7-5-13(2)9-19(17)28-21/h6,8,10,12-13H,4-5,7,9,11H2,1-3H3. The van der Waals surface area contributed by atoms with Crippen LogP contribution in [-0.2, 0) is 19.4 Å². The van der Waals surface area contributed by atoms with E-state index in [1.165, 1.54) is 17.4 Å². The Bertz CT molecular complexity index is 1110. The van der Waals surface area contributed by atoms with Crippen molar-refractivity contribution in [2.75, 3.05) is 6.61 Å². The fourth-order valence-corrected chi connectivity index (χ4v) is 5.22. The number of thiophene rings is 1. The van der Waals surface area contributed by atoms with Crippen LogP contribution in [0.2, 0.25) is 0 Å². The molecule has 0 aliphatic heterocycles. The number of hydrogen-bond donors (Lipinski definition) is 0. The predicted octanol–water partition coefficient (Wildman–Crippen LogP) is 4.23. The van der Waals surface area contributed by atoms with Gasteiger partial charge in [-0.25, -0.2) is 4.98 Å². The van der Waals surface area contributed by atoms with Crippen LogP contribution in [0.15, 0.2) is 29.3 Å². The lowest BCUT2D eigenvalue weighted by molar-refractivity contribution is 0.101.